The lowest BCUT2D eigenvalue weighted by Gasteiger charge is -2.02. The summed E-state index contributed by atoms with van der Waals surface area (Å²) in [6.07, 6.45) is 5.12. The molecule has 3 heteroatoms. The molecule has 0 saturated heterocycles. The van der Waals surface area contributed by atoms with E-state index in [1.54, 1.807) is 0 Å². The van der Waals surface area contributed by atoms with Crippen LogP contribution in [0.25, 0.3) is 0 Å². The lowest BCUT2D eigenvalue weighted by Crippen LogP contribution is -2.18. The van der Waals surface area contributed by atoms with E-state index < -0.39 is 0 Å². The smallest absolute Gasteiger partial charge is 0.0625 e. The Balaban J connectivity index is 1.73. The van der Waals surface area contributed by atoms with E-state index >= 15 is 0 Å². The minimum atomic E-state index is 0.835. The number of hydrogen-bond acceptors (Lipinski definition) is 2. The molecular formula is C11H19N3. The molecule has 1 fully saturated rings. The van der Waals surface area contributed by atoms with E-state index in [2.05, 4.69) is 29.4 Å². The Kier molecular flexibility index (Phi) is 2.87. The summed E-state index contributed by atoms with van der Waals surface area (Å²) in [4.78, 5) is 0. The van der Waals surface area contributed by atoms with Crippen LogP contribution in [0.15, 0.2) is 0 Å². The Hall–Kier alpha value is -0.830. The van der Waals surface area contributed by atoms with E-state index in [-0.39, 0.29) is 0 Å². The van der Waals surface area contributed by atoms with Crippen LogP contribution in [0.5, 0.6) is 0 Å². The Bertz CT molecular complexity index is 280. The zero-order valence-electron chi connectivity index (χ0n) is 9.06. The predicted octanol–water partition coefficient (Wildman–Crippen LogP) is 1.71. The summed E-state index contributed by atoms with van der Waals surface area (Å²) in [5.41, 5.74) is 3.80. The average molecular weight is 193 g/mol. The average Bonchev–Trinajstić information content (AvgIpc) is 2.93. The third-order valence-corrected chi connectivity index (χ3v) is 2.89. The van der Waals surface area contributed by atoms with Crippen LogP contribution in [-0.4, -0.2) is 22.8 Å². The van der Waals surface area contributed by atoms with Crippen LogP contribution in [0.1, 0.15) is 36.2 Å². The number of hydrogen-bond donors (Lipinski definition) is 2. The summed E-state index contributed by atoms with van der Waals surface area (Å²) in [5.74, 6) is 0. The van der Waals surface area contributed by atoms with Gasteiger partial charge in [0.25, 0.3) is 0 Å². The van der Waals surface area contributed by atoms with E-state index in [1.165, 1.54) is 30.5 Å². The minimum Gasteiger partial charge on any atom is -0.314 e. The zero-order valence-corrected chi connectivity index (χ0v) is 9.06. The summed E-state index contributed by atoms with van der Waals surface area (Å²) in [7, 11) is 0. The summed E-state index contributed by atoms with van der Waals surface area (Å²) in [6.45, 7) is 5.32. The van der Waals surface area contributed by atoms with E-state index in [0.29, 0.717) is 0 Å². The third-order valence-electron chi connectivity index (χ3n) is 2.89. The van der Waals surface area contributed by atoms with Gasteiger partial charge in [-0.05, 0) is 51.6 Å². The summed E-state index contributed by atoms with van der Waals surface area (Å²) in [6, 6.07) is 0.835. The Morgan fingerprint density at radius 3 is 2.79 bits per heavy atom. The molecule has 1 aliphatic rings. The molecule has 2 N–H and O–H groups in total. The van der Waals surface area contributed by atoms with E-state index in [4.69, 9.17) is 0 Å². The van der Waals surface area contributed by atoms with Crippen LogP contribution in [0.4, 0.5) is 0 Å². The van der Waals surface area contributed by atoms with Gasteiger partial charge in [-0.25, -0.2) is 0 Å². The maximum Gasteiger partial charge on any atom is 0.0625 e. The van der Waals surface area contributed by atoms with Crippen LogP contribution in [0.3, 0.4) is 0 Å². The van der Waals surface area contributed by atoms with Gasteiger partial charge in [-0.1, -0.05) is 0 Å². The van der Waals surface area contributed by atoms with Crippen molar-refractivity contribution in [2.75, 3.05) is 6.54 Å². The fraction of sp³-hybridized carbons (Fsp3) is 0.727. The molecule has 0 aromatic carbocycles. The van der Waals surface area contributed by atoms with Crippen LogP contribution in [0, 0.1) is 13.8 Å². The third kappa shape index (κ3) is 2.35. The first-order chi connectivity index (χ1) is 6.77. The maximum absolute atomic E-state index is 4.20. The highest BCUT2D eigenvalue weighted by molar-refractivity contribution is 5.23. The number of aromatic nitrogens is 2. The molecule has 1 heterocycles. The molecule has 0 unspecified atom stereocenters. The number of aromatic amines is 1. The molecule has 1 aliphatic carbocycles. The quantitative estimate of drug-likeness (QED) is 0.699. The first-order valence-electron chi connectivity index (χ1n) is 5.51. The van der Waals surface area contributed by atoms with Crippen LogP contribution in [0.2, 0.25) is 0 Å². The molecule has 0 aliphatic heterocycles. The Labute approximate surface area is 85.3 Å². The lowest BCUT2D eigenvalue weighted by molar-refractivity contribution is 0.644. The van der Waals surface area contributed by atoms with Gasteiger partial charge >= 0.3 is 0 Å². The van der Waals surface area contributed by atoms with Crippen molar-refractivity contribution in [1.29, 1.82) is 0 Å². The standard InChI is InChI=1S/C11H19N3/c1-8-11(9(2)14-13-8)4-3-7-12-10-5-6-10/h10,12H,3-7H2,1-2H3,(H,13,14). The number of nitrogens with one attached hydrogen (secondary N) is 2. The second-order valence-corrected chi connectivity index (χ2v) is 4.24. The van der Waals surface area contributed by atoms with Crippen molar-refractivity contribution in [1.82, 2.24) is 15.5 Å². The normalized spacial score (nSPS) is 16.1. The SMILES string of the molecule is Cc1n[nH]c(C)c1CCCNC1CC1. The Morgan fingerprint density at radius 1 is 1.43 bits per heavy atom. The molecule has 0 spiro atoms. The number of aryl methyl sites for hydroxylation is 2. The molecule has 0 atom stereocenters. The maximum atomic E-state index is 4.20. The molecule has 1 saturated carbocycles. The van der Waals surface area contributed by atoms with Crippen molar-refractivity contribution >= 4 is 0 Å². The highest BCUT2D eigenvalue weighted by Gasteiger charge is 2.19. The molecular weight excluding hydrogens is 174 g/mol. The zero-order chi connectivity index (χ0) is 9.97. The first-order valence-corrected chi connectivity index (χ1v) is 5.51. The van der Waals surface area contributed by atoms with Crippen molar-refractivity contribution in [3.63, 3.8) is 0 Å². The molecule has 3 nitrogen and oxygen atoms in total. The molecule has 78 valence electrons. The number of rotatable bonds is 5. The van der Waals surface area contributed by atoms with Gasteiger partial charge in [0.05, 0.1) is 5.69 Å². The second kappa shape index (κ2) is 4.13. The molecule has 0 amide bonds. The van der Waals surface area contributed by atoms with Gasteiger partial charge in [-0.15, -0.1) is 0 Å². The summed E-state index contributed by atoms with van der Waals surface area (Å²) in [5, 5.41) is 10.8. The minimum absolute atomic E-state index is 0.835. The number of nitrogens with zero attached hydrogens (tertiary/aromatic N) is 1. The monoisotopic (exact) mass is 193 g/mol. The van der Waals surface area contributed by atoms with Crippen molar-refractivity contribution < 1.29 is 0 Å². The fourth-order valence-electron chi connectivity index (χ4n) is 1.80. The molecule has 1 aromatic rings. The van der Waals surface area contributed by atoms with Crippen LogP contribution < -0.4 is 5.32 Å². The van der Waals surface area contributed by atoms with Gasteiger partial charge in [-0.2, -0.15) is 5.10 Å². The van der Waals surface area contributed by atoms with Crippen LogP contribution >= 0.6 is 0 Å². The Morgan fingerprint density at radius 2 is 2.21 bits per heavy atom. The van der Waals surface area contributed by atoms with Crippen molar-refractivity contribution in [2.24, 2.45) is 0 Å². The molecule has 2 rings (SSSR count). The highest BCUT2D eigenvalue weighted by atomic mass is 15.1. The van der Waals surface area contributed by atoms with Gasteiger partial charge in [0.15, 0.2) is 0 Å². The summed E-state index contributed by atoms with van der Waals surface area (Å²) >= 11 is 0. The molecule has 0 bridgehead atoms. The lowest BCUT2D eigenvalue weighted by atomic mass is 10.1. The number of H-pyrrole nitrogens is 1. The van der Waals surface area contributed by atoms with E-state index in [0.717, 1.165) is 24.7 Å². The summed E-state index contributed by atoms with van der Waals surface area (Å²) < 4.78 is 0. The second-order valence-electron chi connectivity index (χ2n) is 4.24. The van der Waals surface area contributed by atoms with Gasteiger partial charge < -0.3 is 5.32 Å². The van der Waals surface area contributed by atoms with Crippen molar-refractivity contribution in [2.45, 2.75) is 45.6 Å². The van der Waals surface area contributed by atoms with Crippen molar-refractivity contribution in [3.05, 3.63) is 17.0 Å². The predicted molar refractivity (Wildman–Crippen MR) is 57.4 cm³/mol. The molecule has 1 aromatic heterocycles. The highest BCUT2D eigenvalue weighted by Crippen LogP contribution is 2.18. The van der Waals surface area contributed by atoms with E-state index in [1.807, 2.05) is 0 Å². The van der Waals surface area contributed by atoms with Gasteiger partial charge in [0, 0.05) is 11.7 Å². The van der Waals surface area contributed by atoms with Crippen LogP contribution in [-0.2, 0) is 6.42 Å². The molecule has 0 radical (unpaired) electrons. The van der Waals surface area contributed by atoms with Crippen molar-refractivity contribution in [3.8, 4) is 0 Å². The van der Waals surface area contributed by atoms with Gasteiger partial charge in [0.1, 0.15) is 0 Å². The van der Waals surface area contributed by atoms with Gasteiger partial charge in [-0.3, -0.25) is 5.10 Å². The molecule has 14 heavy (non-hydrogen) atoms. The topological polar surface area (TPSA) is 40.7 Å². The largest absolute Gasteiger partial charge is 0.314 e. The first kappa shape index (κ1) is 9.71. The van der Waals surface area contributed by atoms with Gasteiger partial charge in [0.2, 0.25) is 0 Å². The fourth-order valence-corrected chi connectivity index (χ4v) is 1.80. The van der Waals surface area contributed by atoms with E-state index in [9.17, 15) is 0 Å².